The molecule has 94 valence electrons. The van der Waals surface area contributed by atoms with Crippen molar-refractivity contribution in [1.82, 2.24) is 9.88 Å². The predicted molar refractivity (Wildman–Crippen MR) is 72.5 cm³/mol. The summed E-state index contributed by atoms with van der Waals surface area (Å²) in [5.41, 5.74) is 0.973. The van der Waals surface area contributed by atoms with Crippen molar-refractivity contribution in [2.45, 2.75) is 26.3 Å². The second kappa shape index (κ2) is 5.69. The lowest BCUT2D eigenvalue weighted by atomic mass is 10.3. The van der Waals surface area contributed by atoms with Gasteiger partial charge in [0.05, 0.1) is 10.7 Å². The lowest BCUT2D eigenvalue weighted by Crippen LogP contribution is -2.26. The van der Waals surface area contributed by atoms with Gasteiger partial charge in [-0.25, -0.2) is 4.98 Å². The van der Waals surface area contributed by atoms with Gasteiger partial charge in [-0.3, -0.25) is 4.90 Å². The first-order valence-electron chi connectivity index (χ1n) is 6.28. The summed E-state index contributed by atoms with van der Waals surface area (Å²) >= 11 is 6.19. The van der Waals surface area contributed by atoms with Crippen LogP contribution in [0.15, 0.2) is 12.1 Å². The molecule has 1 fully saturated rings. The molecule has 17 heavy (non-hydrogen) atoms. The summed E-state index contributed by atoms with van der Waals surface area (Å²) in [6.45, 7) is 5.27. The van der Waals surface area contributed by atoms with Gasteiger partial charge in [0.15, 0.2) is 0 Å². The number of hydrogen-bond donors (Lipinski definition) is 1. The normalized spacial score (nSPS) is 15.3. The summed E-state index contributed by atoms with van der Waals surface area (Å²) in [7, 11) is 1.88. The fourth-order valence-corrected chi connectivity index (χ4v) is 2.08. The summed E-state index contributed by atoms with van der Waals surface area (Å²) < 4.78 is 0. The third-order valence-corrected chi connectivity index (χ3v) is 3.55. The van der Waals surface area contributed by atoms with E-state index in [9.17, 15) is 0 Å². The zero-order valence-electron chi connectivity index (χ0n) is 10.5. The van der Waals surface area contributed by atoms with E-state index in [4.69, 9.17) is 11.6 Å². The van der Waals surface area contributed by atoms with Crippen LogP contribution in [0.25, 0.3) is 0 Å². The van der Waals surface area contributed by atoms with E-state index >= 15 is 0 Å². The zero-order valence-corrected chi connectivity index (χ0v) is 11.3. The Kier molecular flexibility index (Phi) is 4.24. The molecule has 0 spiro atoms. The molecule has 4 heteroatoms. The lowest BCUT2D eigenvalue weighted by molar-refractivity contribution is 0.265. The molecule has 1 aliphatic rings. The number of nitrogens with zero attached hydrogens (tertiary/aromatic N) is 2. The highest BCUT2D eigenvalue weighted by Crippen LogP contribution is 2.30. The van der Waals surface area contributed by atoms with Crippen molar-refractivity contribution < 1.29 is 0 Å². The van der Waals surface area contributed by atoms with Gasteiger partial charge in [-0.15, -0.1) is 0 Å². The van der Waals surface area contributed by atoms with E-state index < -0.39 is 0 Å². The molecule has 1 heterocycles. The van der Waals surface area contributed by atoms with Crippen LogP contribution in [0.4, 0.5) is 5.82 Å². The molecule has 0 bridgehead atoms. The van der Waals surface area contributed by atoms with Crippen molar-refractivity contribution in [2.75, 3.05) is 25.5 Å². The fourth-order valence-electron chi connectivity index (χ4n) is 1.92. The number of rotatable bonds is 6. The van der Waals surface area contributed by atoms with E-state index in [1.54, 1.807) is 0 Å². The van der Waals surface area contributed by atoms with E-state index in [-0.39, 0.29) is 0 Å². The first-order valence-corrected chi connectivity index (χ1v) is 6.66. The van der Waals surface area contributed by atoms with Crippen LogP contribution >= 0.6 is 11.6 Å². The lowest BCUT2D eigenvalue weighted by Gasteiger charge is -2.20. The molecule has 2 rings (SSSR count). The molecule has 0 unspecified atom stereocenters. The first kappa shape index (κ1) is 12.7. The van der Waals surface area contributed by atoms with Gasteiger partial charge in [0.2, 0.25) is 0 Å². The van der Waals surface area contributed by atoms with E-state index in [0.717, 1.165) is 35.5 Å². The van der Waals surface area contributed by atoms with Crippen molar-refractivity contribution in [3.63, 3.8) is 0 Å². The van der Waals surface area contributed by atoms with Crippen LogP contribution in [-0.2, 0) is 6.54 Å². The minimum Gasteiger partial charge on any atom is -0.373 e. The Hall–Kier alpha value is -0.800. The first-order chi connectivity index (χ1) is 8.22. The molecular weight excluding hydrogens is 234 g/mol. The van der Waals surface area contributed by atoms with Crippen LogP contribution in [-0.4, -0.2) is 30.0 Å². The van der Waals surface area contributed by atoms with Crippen LogP contribution in [0, 0.1) is 5.92 Å². The number of aromatic nitrogens is 1. The second-order valence-corrected chi connectivity index (χ2v) is 5.05. The van der Waals surface area contributed by atoms with Crippen molar-refractivity contribution in [3.05, 3.63) is 22.8 Å². The number of anilines is 1. The molecule has 1 N–H and O–H groups in total. The van der Waals surface area contributed by atoms with E-state index in [0.29, 0.717) is 0 Å². The number of halogens is 1. The summed E-state index contributed by atoms with van der Waals surface area (Å²) in [4.78, 5) is 6.94. The summed E-state index contributed by atoms with van der Waals surface area (Å²) in [5.74, 6) is 1.79. The average Bonchev–Trinajstić information content (AvgIpc) is 3.14. The Labute approximate surface area is 108 Å². The minimum absolute atomic E-state index is 0.762. The van der Waals surface area contributed by atoms with Gasteiger partial charge in [-0.1, -0.05) is 18.5 Å². The van der Waals surface area contributed by atoms with Crippen LogP contribution in [0.1, 0.15) is 25.5 Å². The molecule has 1 aromatic heterocycles. The number of pyridine rings is 1. The van der Waals surface area contributed by atoms with Gasteiger partial charge < -0.3 is 5.32 Å². The van der Waals surface area contributed by atoms with Crippen molar-refractivity contribution in [2.24, 2.45) is 5.92 Å². The van der Waals surface area contributed by atoms with Gasteiger partial charge in [-0.05, 0) is 37.4 Å². The fraction of sp³-hybridized carbons (Fsp3) is 0.615. The average molecular weight is 254 g/mol. The number of nitrogens with one attached hydrogen (secondary N) is 1. The summed E-state index contributed by atoms with van der Waals surface area (Å²) in [6, 6.07) is 3.82. The molecular formula is C13H20ClN3. The van der Waals surface area contributed by atoms with Gasteiger partial charge in [0.1, 0.15) is 5.82 Å². The van der Waals surface area contributed by atoms with Crippen molar-refractivity contribution >= 4 is 17.4 Å². The molecule has 0 radical (unpaired) electrons. The van der Waals surface area contributed by atoms with Crippen molar-refractivity contribution in [3.8, 4) is 0 Å². The van der Waals surface area contributed by atoms with Crippen LogP contribution < -0.4 is 5.32 Å². The Bertz CT molecular complexity index is 377. The molecule has 1 aromatic rings. The van der Waals surface area contributed by atoms with E-state index in [2.05, 4.69) is 22.1 Å². The highest BCUT2D eigenvalue weighted by atomic mass is 35.5. The maximum atomic E-state index is 6.19. The second-order valence-electron chi connectivity index (χ2n) is 4.65. The number of hydrogen-bond acceptors (Lipinski definition) is 3. The Morgan fingerprint density at radius 3 is 2.82 bits per heavy atom. The Morgan fingerprint density at radius 2 is 2.24 bits per heavy atom. The molecule has 0 aromatic carbocycles. The quantitative estimate of drug-likeness (QED) is 0.845. The van der Waals surface area contributed by atoms with Gasteiger partial charge >= 0.3 is 0 Å². The molecule has 1 aliphatic carbocycles. The summed E-state index contributed by atoms with van der Waals surface area (Å²) in [6.07, 6.45) is 2.77. The monoisotopic (exact) mass is 253 g/mol. The maximum absolute atomic E-state index is 6.19. The largest absolute Gasteiger partial charge is 0.373 e. The standard InChI is InChI=1S/C13H20ClN3/c1-3-17(8-10-4-5-10)9-12-11(14)6-7-13(15-2)16-12/h6-7,10H,3-5,8-9H2,1-2H3,(H,15,16). The third-order valence-electron chi connectivity index (χ3n) is 3.21. The predicted octanol–water partition coefficient (Wildman–Crippen LogP) is 3.01. The molecule has 0 saturated heterocycles. The highest BCUT2D eigenvalue weighted by molar-refractivity contribution is 6.31. The summed E-state index contributed by atoms with van der Waals surface area (Å²) in [5, 5.41) is 3.81. The van der Waals surface area contributed by atoms with Crippen LogP contribution in [0.3, 0.4) is 0 Å². The third kappa shape index (κ3) is 3.58. The highest BCUT2D eigenvalue weighted by Gasteiger charge is 2.24. The smallest absolute Gasteiger partial charge is 0.126 e. The Morgan fingerprint density at radius 1 is 1.47 bits per heavy atom. The van der Waals surface area contributed by atoms with Gasteiger partial charge in [0, 0.05) is 20.1 Å². The van der Waals surface area contributed by atoms with E-state index in [1.807, 2.05) is 19.2 Å². The minimum atomic E-state index is 0.762. The molecule has 0 amide bonds. The SMILES string of the molecule is CCN(Cc1nc(NC)ccc1Cl)CC1CC1. The van der Waals surface area contributed by atoms with Crippen LogP contribution in [0.2, 0.25) is 5.02 Å². The van der Waals surface area contributed by atoms with E-state index in [1.165, 1.54) is 19.4 Å². The molecule has 0 aliphatic heterocycles. The van der Waals surface area contributed by atoms with Crippen LogP contribution in [0.5, 0.6) is 0 Å². The van der Waals surface area contributed by atoms with Gasteiger partial charge in [0.25, 0.3) is 0 Å². The maximum Gasteiger partial charge on any atom is 0.126 e. The van der Waals surface area contributed by atoms with Gasteiger partial charge in [-0.2, -0.15) is 0 Å². The molecule has 1 saturated carbocycles. The zero-order chi connectivity index (χ0) is 12.3. The van der Waals surface area contributed by atoms with Crippen molar-refractivity contribution in [1.29, 1.82) is 0 Å². The Balaban J connectivity index is 2.03. The molecule has 3 nitrogen and oxygen atoms in total. The topological polar surface area (TPSA) is 28.2 Å². The molecule has 0 atom stereocenters.